The van der Waals surface area contributed by atoms with Gasteiger partial charge in [-0.3, -0.25) is 9.59 Å². The summed E-state index contributed by atoms with van der Waals surface area (Å²) in [5, 5.41) is 13.4. The van der Waals surface area contributed by atoms with Crippen LogP contribution in [0, 0.1) is 0 Å². The SMILES string of the molecule is Nc1c(C(=O)Nc2ccccc2)nnn1CC(=O)NC1CCCCCC1. The zero-order valence-corrected chi connectivity index (χ0v) is 14.6. The molecule has 8 nitrogen and oxygen atoms in total. The largest absolute Gasteiger partial charge is 0.382 e. The number of carbonyl (C=O) groups is 2. The summed E-state index contributed by atoms with van der Waals surface area (Å²) in [5.41, 5.74) is 6.61. The molecule has 8 heteroatoms. The van der Waals surface area contributed by atoms with Gasteiger partial charge in [-0.15, -0.1) is 5.10 Å². The van der Waals surface area contributed by atoms with Crippen LogP contribution in [0.2, 0.25) is 0 Å². The van der Waals surface area contributed by atoms with Crippen molar-refractivity contribution in [1.29, 1.82) is 0 Å². The summed E-state index contributed by atoms with van der Waals surface area (Å²) in [4.78, 5) is 24.5. The fourth-order valence-corrected chi connectivity index (χ4v) is 3.14. The number of nitrogens with two attached hydrogens (primary N) is 1. The first-order chi connectivity index (χ1) is 12.6. The summed E-state index contributed by atoms with van der Waals surface area (Å²) in [6.07, 6.45) is 6.73. The van der Waals surface area contributed by atoms with Crippen molar-refractivity contribution >= 4 is 23.3 Å². The smallest absolute Gasteiger partial charge is 0.280 e. The fraction of sp³-hybridized carbons (Fsp3) is 0.444. The second-order valence-electron chi connectivity index (χ2n) is 6.56. The Kier molecular flexibility index (Phi) is 5.83. The summed E-state index contributed by atoms with van der Waals surface area (Å²) in [7, 11) is 0. The number of para-hydroxylation sites is 1. The molecule has 0 aliphatic heterocycles. The number of rotatable bonds is 5. The lowest BCUT2D eigenvalue weighted by atomic mass is 10.1. The van der Waals surface area contributed by atoms with E-state index in [4.69, 9.17) is 5.73 Å². The molecule has 3 rings (SSSR count). The van der Waals surface area contributed by atoms with E-state index in [2.05, 4.69) is 20.9 Å². The molecule has 2 amide bonds. The van der Waals surface area contributed by atoms with Crippen molar-refractivity contribution in [2.24, 2.45) is 0 Å². The summed E-state index contributed by atoms with van der Waals surface area (Å²) < 4.78 is 1.26. The lowest BCUT2D eigenvalue weighted by Crippen LogP contribution is -2.37. The zero-order valence-electron chi connectivity index (χ0n) is 14.6. The molecule has 1 aromatic heterocycles. The van der Waals surface area contributed by atoms with Gasteiger partial charge in [0.1, 0.15) is 6.54 Å². The maximum atomic E-state index is 12.3. The van der Waals surface area contributed by atoms with Gasteiger partial charge in [0.05, 0.1) is 0 Å². The molecular formula is C18H24N6O2. The van der Waals surface area contributed by atoms with Gasteiger partial charge in [-0.05, 0) is 25.0 Å². The number of benzene rings is 1. The van der Waals surface area contributed by atoms with Gasteiger partial charge < -0.3 is 16.4 Å². The number of carbonyl (C=O) groups excluding carboxylic acids is 2. The number of amides is 2. The molecule has 0 bridgehead atoms. The molecule has 1 aliphatic carbocycles. The van der Waals surface area contributed by atoms with Crippen molar-refractivity contribution < 1.29 is 9.59 Å². The third-order valence-corrected chi connectivity index (χ3v) is 4.53. The number of anilines is 2. The summed E-state index contributed by atoms with van der Waals surface area (Å²) in [6.45, 7) is -0.0477. The van der Waals surface area contributed by atoms with Crippen molar-refractivity contribution in [2.45, 2.75) is 51.1 Å². The number of aromatic nitrogens is 3. The Morgan fingerprint density at radius 3 is 2.50 bits per heavy atom. The predicted molar refractivity (Wildman–Crippen MR) is 98.5 cm³/mol. The first kappa shape index (κ1) is 17.9. The van der Waals surface area contributed by atoms with Gasteiger partial charge in [-0.25, -0.2) is 4.68 Å². The topological polar surface area (TPSA) is 115 Å². The molecule has 1 heterocycles. The van der Waals surface area contributed by atoms with Gasteiger partial charge in [0.2, 0.25) is 5.91 Å². The van der Waals surface area contributed by atoms with E-state index >= 15 is 0 Å². The first-order valence-electron chi connectivity index (χ1n) is 8.98. The van der Waals surface area contributed by atoms with Crippen LogP contribution in [0.25, 0.3) is 0 Å². The van der Waals surface area contributed by atoms with E-state index in [-0.39, 0.29) is 30.0 Å². The average Bonchev–Trinajstić information content (AvgIpc) is 2.83. The molecule has 1 saturated carbocycles. The van der Waals surface area contributed by atoms with E-state index in [1.807, 2.05) is 18.2 Å². The van der Waals surface area contributed by atoms with Crippen molar-refractivity contribution in [2.75, 3.05) is 11.1 Å². The van der Waals surface area contributed by atoms with E-state index in [0.29, 0.717) is 5.69 Å². The molecule has 1 aliphatic rings. The second kappa shape index (κ2) is 8.46. The molecule has 0 saturated heterocycles. The molecule has 0 radical (unpaired) electrons. The van der Waals surface area contributed by atoms with Gasteiger partial charge in [0, 0.05) is 11.7 Å². The highest BCUT2D eigenvalue weighted by Crippen LogP contribution is 2.17. The highest BCUT2D eigenvalue weighted by Gasteiger charge is 2.20. The monoisotopic (exact) mass is 356 g/mol. The molecule has 0 spiro atoms. The Balaban J connectivity index is 1.59. The summed E-state index contributed by atoms with van der Waals surface area (Å²) in [5.74, 6) is -0.540. The van der Waals surface area contributed by atoms with Gasteiger partial charge in [-0.2, -0.15) is 0 Å². The molecule has 0 unspecified atom stereocenters. The minimum absolute atomic E-state index is 0.0103. The second-order valence-corrected chi connectivity index (χ2v) is 6.56. The van der Waals surface area contributed by atoms with Crippen LogP contribution in [-0.4, -0.2) is 32.9 Å². The maximum absolute atomic E-state index is 12.3. The molecule has 26 heavy (non-hydrogen) atoms. The average molecular weight is 356 g/mol. The zero-order chi connectivity index (χ0) is 18.4. The van der Waals surface area contributed by atoms with E-state index in [9.17, 15) is 9.59 Å². The van der Waals surface area contributed by atoms with E-state index < -0.39 is 5.91 Å². The number of hydrogen-bond donors (Lipinski definition) is 3. The number of nitrogen functional groups attached to an aromatic ring is 1. The summed E-state index contributed by atoms with van der Waals surface area (Å²) >= 11 is 0. The Bertz CT molecular complexity index is 750. The van der Waals surface area contributed by atoms with E-state index in [1.54, 1.807) is 12.1 Å². The van der Waals surface area contributed by atoms with Crippen molar-refractivity contribution in [3.63, 3.8) is 0 Å². The molecule has 138 valence electrons. The van der Waals surface area contributed by atoms with Crippen LogP contribution >= 0.6 is 0 Å². The molecular weight excluding hydrogens is 332 g/mol. The van der Waals surface area contributed by atoms with Gasteiger partial charge in [-0.1, -0.05) is 49.1 Å². The van der Waals surface area contributed by atoms with Crippen LogP contribution in [-0.2, 0) is 11.3 Å². The Labute approximate surface area is 152 Å². The lowest BCUT2D eigenvalue weighted by Gasteiger charge is -2.16. The van der Waals surface area contributed by atoms with Crippen molar-refractivity contribution in [3.05, 3.63) is 36.0 Å². The maximum Gasteiger partial charge on any atom is 0.280 e. The summed E-state index contributed by atoms with van der Waals surface area (Å²) in [6, 6.07) is 9.21. The molecule has 4 N–H and O–H groups in total. The normalized spacial score (nSPS) is 15.2. The van der Waals surface area contributed by atoms with Crippen LogP contribution in [0.3, 0.4) is 0 Å². The third kappa shape index (κ3) is 4.59. The standard InChI is InChI=1S/C18H24N6O2/c19-17-16(18(26)21-14-10-6-3-7-11-14)22-23-24(17)12-15(25)20-13-8-4-1-2-5-9-13/h3,6-7,10-11,13H,1-2,4-5,8-9,12,19H2,(H,20,25)(H,21,26). The fourth-order valence-electron chi connectivity index (χ4n) is 3.14. The van der Waals surface area contributed by atoms with Crippen LogP contribution in [0.15, 0.2) is 30.3 Å². The number of nitrogens with zero attached hydrogens (tertiary/aromatic N) is 3. The highest BCUT2D eigenvalue weighted by molar-refractivity contribution is 6.05. The highest BCUT2D eigenvalue weighted by atomic mass is 16.2. The van der Waals surface area contributed by atoms with Crippen molar-refractivity contribution in [3.8, 4) is 0 Å². The molecule has 1 aromatic carbocycles. The van der Waals surface area contributed by atoms with E-state index in [1.165, 1.54) is 17.5 Å². The van der Waals surface area contributed by atoms with Gasteiger partial charge >= 0.3 is 0 Å². The Morgan fingerprint density at radius 1 is 1.12 bits per heavy atom. The van der Waals surface area contributed by atoms with E-state index in [0.717, 1.165) is 25.7 Å². The third-order valence-electron chi connectivity index (χ3n) is 4.53. The Morgan fingerprint density at radius 2 is 1.81 bits per heavy atom. The predicted octanol–water partition coefficient (Wildman–Crippen LogP) is 1.95. The first-order valence-corrected chi connectivity index (χ1v) is 8.98. The van der Waals surface area contributed by atoms with Crippen molar-refractivity contribution in [1.82, 2.24) is 20.3 Å². The Hall–Kier alpha value is -2.90. The minimum atomic E-state index is -0.455. The quantitative estimate of drug-likeness (QED) is 0.708. The van der Waals surface area contributed by atoms with Gasteiger partial charge in [0.25, 0.3) is 5.91 Å². The molecule has 1 fully saturated rings. The minimum Gasteiger partial charge on any atom is -0.382 e. The van der Waals surface area contributed by atoms with Crippen LogP contribution in [0.1, 0.15) is 49.0 Å². The molecule has 0 atom stereocenters. The van der Waals surface area contributed by atoms with Crippen LogP contribution in [0.5, 0.6) is 0 Å². The molecule has 2 aromatic rings. The van der Waals surface area contributed by atoms with Crippen LogP contribution in [0.4, 0.5) is 11.5 Å². The lowest BCUT2D eigenvalue weighted by molar-refractivity contribution is -0.122. The van der Waals surface area contributed by atoms with Crippen LogP contribution < -0.4 is 16.4 Å². The number of hydrogen-bond acceptors (Lipinski definition) is 5. The van der Waals surface area contributed by atoms with Gasteiger partial charge in [0.15, 0.2) is 11.5 Å². The number of nitrogens with one attached hydrogen (secondary N) is 2.